The first-order valence-corrected chi connectivity index (χ1v) is 6.01. The fourth-order valence-electron chi connectivity index (χ4n) is 1.71. The molecule has 20 heavy (non-hydrogen) atoms. The highest BCUT2D eigenvalue weighted by Gasteiger charge is 2.34. The van der Waals surface area contributed by atoms with E-state index in [9.17, 15) is 13.2 Å². The van der Waals surface area contributed by atoms with Gasteiger partial charge in [0.25, 0.3) is 0 Å². The van der Waals surface area contributed by atoms with Gasteiger partial charge in [0.1, 0.15) is 12.4 Å². The molecule has 0 fully saturated rings. The molecule has 4 nitrogen and oxygen atoms in total. The molecule has 1 aromatic carbocycles. The Bertz CT molecular complexity index is 593. The maximum Gasteiger partial charge on any atom is 0.420 e. The Labute approximate surface area is 114 Å². The predicted molar refractivity (Wildman–Crippen MR) is 68.1 cm³/mol. The first kappa shape index (κ1) is 14.2. The number of benzene rings is 1. The molecule has 0 spiro atoms. The molecule has 0 saturated heterocycles. The lowest BCUT2D eigenvalue weighted by molar-refractivity contribution is -0.139. The lowest BCUT2D eigenvalue weighted by Crippen LogP contribution is -2.09. The summed E-state index contributed by atoms with van der Waals surface area (Å²) in [6.07, 6.45) is -1.21. The van der Waals surface area contributed by atoms with Gasteiger partial charge in [-0.15, -0.1) is 0 Å². The van der Waals surface area contributed by atoms with E-state index in [2.05, 4.69) is 5.10 Å². The number of aromatic nitrogens is 2. The minimum Gasteiger partial charge on any atom is -0.488 e. The van der Waals surface area contributed by atoms with Crippen molar-refractivity contribution in [3.05, 3.63) is 41.7 Å². The highest BCUT2D eigenvalue weighted by molar-refractivity contribution is 5.49. The summed E-state index contributed by atoms with van der Waals surface area (Å²) >= 11 is 0. The molecule has 7 heteroatoms. The maximum atomic E-state index is 12.9. The Morgan fingerprint density at radius 2 is 2.10 bits per heavy atom. The molecule has 1 heterocycles. The molecule has 2 rings (SSSR count). The second-order valence-electron chi connectivity index (χ2n) is 4.25. The van der Waals surface area contributed by atoms with E-state index in [1.54, 1.807) is 17.1 Å². The number of hydrogen-bond acceptors (Lipinski definition) is 3. The van der Waals surface area contributed by atoms with E-state index in [4.69, 9.17) is 10.5 Å². The van der Waals surface area contributed by atoms with Gasteiger partial charge in [0.05, 0.1) is 11.8 Å². The summed E-state index contributed by atoms with van der Waals surface area (Å²) in [5.74, 6) is -0.240. The molecule has 1 aromatic heterocycles. The van der Waals surface area contributed by atoms with Crippen molar-refractivity contribution in [3.63, 3.8) is 0 Å². The molecule has 0 bridgehead atoms. The van der Waals surface area contributed by atoms with Gasteiger partial charge in [0, 0.05) is 24.0 Å². The zero-order chi connectivity index (χ0) is 14.8. The topological polar surface area (TPSA) is 53.1 Å². The smallest absolute Gasteiger partial charge is 0.420 e. The van der Waals surface area contributed by atoms with Crippen molar-refractivity contribution < 1.29 is 17.9 Å². The van der Waals surface area contributed by atoms with Crippen LogP contribution in [0, 0.1) is 0 Å². The van der Waals surface area contributed by atoms with E-state index < -0.39 is 11.7 Å². The number of halogens is 3. The van der Waals surface area contributed by atoms with E-state index in [1.165, 1.54) is 12.1 Å². The highest BCUT2D eigenvalue weighted by atomic mass is 19.4. The lowest BCUT2D eigenvalue weighted by atomic mass is 10.1. The summed E-state index contributed by atoms with van der Waals surface area (Å²) < 4.78 is 45.5. The normalized spacial score (nSPS) is 11.6. The summed E-state index contributed by atoms with van der Waals surface area (Å²) in [5.41, 5.74) is 5.26. The highest BCUT2D eigenvalue weighted by Crippen LogP contribution is 2.37. The third-order valence-corrected chi connectivity index (χ3v) is 2.71. The molecule has 2 N–H and O–H groups in total. The molecule has 0 aliphatic carbocycles. The van der Waals surface area contributed by atoms with Crippen LogP contribution in [0.4, 0.5) is 18.9 Å². The Balaban J connectivity index is 2.17. The predicted octanol–water partition coefficient (Wildman–Crippen LogP) is 3.08. The number of aryl methyl sites for hydroxylation is 1. The van der Waals surface area contributed by atoms with Crippen molar-refractivity contribution >= 4 is 5.69 Å². The molecule has 0 radical (unpaired) electrons. The average Bonchev–Trinajstić information content (AvgIpc) is 2.84. The summed E-state index contributed by atoms with van der Waals surface area (Å²) in [7, 11) is 0. The van der Waals surface area contributed by atoms with Gasteiger partial charge < -0.3 is 10.5 Å². The number of rotatable bonds is 4. The number of ether oxygens (including phenoxy) is 1. The van der Waals surface area contributed by atoms with Crippen LogP contribution in [-0.4, -0.2) is 9.78 Å². The lowest BCUT2D eigenvalue weighted by Gasteiger charge is -2.14. The molecule has 0 unspecified atom stereocenters. The average molecular weight is 285 g/mol. The SMILES string of the molecule is CCn1cc(COc2ccc(N)cc2C(F)(F)F)cn1. The summed E-state index contributed by atoms with van der Waals surface area (Å²) in [5, 5.41) is 4.03. The third kappa shape index (κ3) is 3.23. The molecule has 0 aliphatic heterocycles. The zero-order valence-corrected chi connectivity index (χ0v) is 10.8. The van der Waals surface area contributed by atoms with E-state index in [1.807, 2.05) is 6.92 Å². The molecule has 0 saturated carbocycles. The molecule has 0 amide bonds. The Kier molecular flexibility index (Phi) is 3.87. The first-order chi connectivity index (χ1) is 9.40. The number of nitrogen functional groups attached to an aromatic ring is 1. The van der Waals surface area contributed by atoms with Crippen LogP contribution in [0.25, 0.3) is 0 Å². The van der Waals surface area contributed by atoms with Crippen LogP contribution in [0.15, 0.2) is 30.6 Å². The summed E-state index contributed by atoms with van der Waals surface area (Å²) in [6, 6.07) is 3.47. The number of alkyl halides is 3. The maximum absolute atomic E-state index is 12.9. The fraction of sp³-hybridized carbons (Fsp3) is 0.308. The largest absolute Gasteiger partial charge is 0.488 e. The number of anilines is 1. The fourth-order valence-corrected chi connectivity index (χ4v) is 1.71. The van der Waals surface area contributed by atoms with E-state index in [0.717, 1.165) is 6.07 Å². The number of nitrogens with two attached hydrogens (primary N) is 1. The monoisotopic (exact) mass is 285 g/mol. The minimum absolute atomic E-state index is 0.0208. The van der Waals surface area contributed by atoms with Gasteiger partial charge in [-0.1, -0.05) is 0 Å². The van der Waals surface area contributed by atoms with Crippen molar-refractivity contribution in [3.8, 4) is 5.75 Å². The van der Waals surface area contributed by atoms with Gasteiger partial charge in [0.15, 0.2) is 0 Å². The van der Waals surface area contributed by atoms with Crippen LogP contribution in [0.1, 0.15) is 18.1 Å². The van der Waals surface area contributed by atoms with Gasteiger partial charge in [-0.25, -0.2) is 0 Å². The Hall–Kier alpha value is -2.18. The van der Waals surface area contributed by atoms with E-state index in [0.29, 0.717) is 12.1 Å². The number of nitrogens with zero attached hydrogens (tertiary/aromatic N) is 2. The quantitative estimate of drug-likeness (QED) is 0.878. The van der Waals surface area contributed by atoms with Crippen molar-refractivity contribution in [2.45, 2.75) is 26.3 Å². The van der Waals surface area contributed by atoms with Gasteiger partial charge >= 0.3 is 6.18 Å². The van der Waals surface area contributed by atoms with Gasteiger partial charge in [-0.2, -0.15) is 18.3 Å². The summed E-state index contributed by atoms with van der Waals surface area (Å²) in [6.45, 7) is 2.63. The van der Waals surface area contributed by atoms with Crippen LogP contribution >= 0.6 is 0 Å². The zero-order valence-electron chi connectivity index (χ0n) is 10.8. The Morgan fingerprint density at radius 1 is 1.35 bits per heavy atom. The first-order valence-electron chi connectivity index (χ1n) is 6.01. The van der Waals surface area contributed by atoms with Crippen molar-refractivity contribution in [1.29, 1.82) is 0 Å². The molecule has 0 atom stereocenters. The van der Waals surface area contributed by atoms with Crippen LogP contribution < -0.4 is 10.5 Å². The molecule has 108 valence electrons. The second-order valence-corrected chi connectivity index (χ2v) is 4.25. The molecule has 2 aromatic rings. The van der Waals surface area contributed by atoms with Crippen LogP contribution in [0.5, 0.6) is 5.75 Å². The molecular weight excluding hydrogens is 271 g/mol. The van der Waals surface area contributed by atoms with Crippen molar-refractivity contribution in [2.24, 2.45) is 0 Å². The van der Waals surface area contributed by atoms with Crippen molar-refractivity contribution in [1.82, 2.24) is 9.78 Å². The van der Waals surface area contributed by atoms with Crippen LogP contribution in [0.2, 0.25) is 0 Å². The molecule has 0 aliphatic rings. The van der Waals surface area contributed by atoms with Gasteiger partial charge in [-0.3, -0.25) is 4.68 Å². The van der Waals surface area contributed by atoms with Gasteiger partial charge in [0.2, 0.25) is 0 Å². The molecular formula is C13H14F3N3O. The number of hydrogen-bond donors (Lipinski definition) is 1. The Morgan fingerprint density at radius 3 is 2.70 bits per heavy atom. The van der Waals surface area contributed by atoms with Crippen LogP contribution in [0.3, 0.4) is 0 Å². The van der Waals surface area contributed by atoms with E-state index in [-0.39, 0.29) is 18.0 Å². The van der Waals surface area contributed by atoms with E-state index >= 15 is 0 Å². The second kappa shape index (κ2) is 5.44. The third-order valence-electron chi connectivity index (χ3n) is 2.71. The van der Waals surface area contributed by atoms with Crippen molar-refractivity contribution in [2.75, 3.05) is 5.73 Å². The van der Waals surface area contributed by atoms with Gasteiger partial charge in [-0.05, 0) is 25.1 Å². The standard InChI is InChI=1S/C13H14F3N3O/c1-2-19-7-9(6-18-19)8-20-12-4-3-10(17)5-11(12)13(14,15)16/h3-7H,2,8,17H2,1H3. The van der Waals surface area contributed by atoms with Crippen LogP contribution in [-0.2, 0) is 19.3 Å². The minimum atomic E-state index is -4.50. The summed E-state index contributed by atoms with van der Waals surface area (Å²) in [4.78, 5) is 0.